The van der Waals surface area contributed by atoms with Crippen LogP contribution in [0.2, 0.25) is 0 Å². The molecule has 0 fully saturated rings. The van der Waals surface area contributed by atoms with E-state index in [2.05, 4.69) is 25.9 Å². The molecule has 0 aliphatic heterocycles. The van der Waals surface area contributed by atoms with E-state index in [4.69, 9.17) is 11.5 Å². The highest BCUT2D eigenvalue weighted by molar-refractivity contribution is 5.94. The Morgan fingerprint density at radius 3 is 2.09 bits per heavy atom. The summed E-state index contributed by atoms with van der Waals surface area (Å²) in [6.07, 6.45) is 2.52. The number of imidazole rings is 1. The van der Waals surface area contributed by atoms with Gasteiger partial charge in [0.15, 0.2) is 0 Å². The van der Waals surface area contributed by atoms with Gasteiger partial charge in [0.25, 0.3) is 0 Å². The van der Waals surface area contributed by atoms with Crippen molar-refractivity contribution < 1.29 is 29.1 Å². The van der Waals surface area contributed by atoms with E-state index in [-0.39, 0.29) is 19.3 Å². The maximum absolute atomic E-state index is 12.9. The van der Waals surface area contributed by atoms with Crippen LogP contribution in [0.1, 0.15) is 39.3 Å². The van der Waals surface area contributed by atoms with E-state index >= 15 is 0 Å². The average molecular weight is 454 g/mol. The molecule has 1 aromatic heterocycles. The molecule has 178 valence electrons. The van der Waals surface area contributed by atoms with E-state index < -0.39 is 59.7 Å². The number of amides is 4. The standard InChI is InChI=1S/C19H31N7O6/c1-9(2)15(19(31)32)26-18(30)13(6-11-7-22-8-23-11)25-17(29)12(4-5-14(21)27)24-16(28)10(3)20/h7-10,12-13,15H,4-6,20H2,1-3H3,(H2,21,27)(H,22,23)(H,24,28)(H,25,29)(H,26,30)(H,31,32). The molecule has 0 saturated heterocycles. The first-order valence-corrected chi connectivity index (χ1v) is 10.1. The zero-order valence-corrected chi connectivity index (χ0v) is 18.3. The van der Waals surface area contributed by atoms with E-state index in [9.17, 15) is 29.1 Å². The van der Waals surface area contributed by atoms with Crippen molar-refractivity contribution in [2.24, 2.45) is 17.4 Å². The summed E-state index contributed by atoms with van der Waals surface area (Å²) in [7, 11) is 0. The minimum Gasteiger partial charge on any atom is -0.480 e. The van der Waals surface area contributed by atoms with Gasteiger partial charge in [-0.05, 0) is 19.3 Å². The lowest BCUT2D eigenvalue weighted by molar-refractivity contribution is -0.143. The Labute approximate surface area is 185 Å². The number of H-pyrrole nitrogens is 1. The van der Waals surface area contributed by atoms with Crippen LogP contribution < -0.4 is 27.4 Å². The molecule has 0 aliphatic rings. The number of nitrogens with one attached hydrogen (secondary N) is 4. The van der Waals surface area contributed by atoms with Gasteiger partial charge in [-0.25, -0.2) is 9.78 Å². The van der Waals surface area contributed by atoms with Crippen molar-refractivity contribution in [1.29, 1.82) is 0 Å². The number of nitrogens with two attached hydrogens (primary N) is 2. The molecule has 13 heteroatoms. The summed E-state index contributed by atoms with van der Waals surface area (Å²) < 4.78 is 0. The number of hydrogen-bond donors (Lipinski definition) is 7. The molecular formula is C19H31N7O6. The molecule has 4 amide bonds. The second-order valence-corrected chi connectivity index (χ2v) is 7.77. The fraction of sp³-hybridized carbons (Fsp3) is 0.579. The smallest absolute Gasteiger partial charge is 0.326 e. The highest BCUT2D eigenvalue weighted by atomic mass is 16.4. The molecule has 9 N–H and O–H groups in total. The summed E-state index contributed by atoms with van der Waals surface area (Å²) in [4.78, 5) is 67.0. The van der Waals surface area contributed by atoms with Crippen LogP contribution >= 0.6 is 0 Å². The van der Waals surface area contributed by atoms with Gasteiger partial charge in [0.05, 0.1) is 12.4 Å². The van der Waals surface area contributed by atoms with Crippen LogP contribution in [-0.2, 0) is 30.4 Å². The van der Waals surface area contributed by atoms with Gasteiger partial charge in [0, 0.05) is 24.7 Å². The van der Waals surface area contributed by atoms with Crippen LogP contribution in [-0.4, -0.2) is 68.8 Å². The first-order valence-electron chi connectivity index (χ1n) is 10.1. The largest absolute Gasteiger partial charge is 0.480 e. The third-order valence-electron chi connectivity index (χ3n) is 4.57. The van der Waals surface area contributed by atoms with Gasteiger partial charge in [0.1, 0.15) is 18.1 Å². The maximum Gasteiger partial charge on any atom is 0.326 e. The molecule has 0 aliphatic carbocycles. The summed E-state index contributed by atoms with van der Waals surface area (Å²) in [6.45, 7) is 4.68. The van der Waals surface area contributed by atoms with Gasteiger partial charge >= 0.3 is 5.97 Å². The number of aliphatic carboxylic acids is 1. The van der Waals surface area contributed by atoms with Crippen molar-refractivity contribution in [2.75, 3.05) is 0 Å². The van der Waals surface area contributed by atoms with Crippen LogP contribution in [0.5, 0.6) is 0 Å². The summed E-state index contributed by atoms with van der Waals surface area (Å²) in [6, 6.07) is -4.46. The van der Waals surface area contributed by atoms with Crippen molar-refractivity contribution in [2.45, 2.75) is 64.2 Å². The number of aromatic amines is 1. The number of carboxylic acids is 1. The lowest BCUT2D eigenvalue weighted by atomic mass is 10.0. The molecular weight excluding hydrogens is 422 g/mol. The van der Waals surface area contributed by atoms with Gasteiger partial charge in [-0.1, -0.05) is 13.8 Å². The topological polar surface area (TPSA) is 222 Å². The summed E-state index contributed by atoms with van der Waals surface area (Å²) in [5.41, 5.74) is 11.2. The van der Waals surface area contributed by atoms with Crippen molar-refractivity contribution in [3.63, 3.8) is 0 Å². The predicted octanol–water partition coefficient (Wildman–Crippen LogP) is -2.24. The maximum atomic E-state index is 12.9. The van der Waals surface area contributed by atoms with Crippen molar-refractivity contribution >= 4 is 29.6 Å². The van der Waals surface area contributed by atoms with Crippen molar-refractivity contribution in [3.05, 3.63) is 18.2 Å². The van der Waals surface area contributed by atoms with Crippen molar-refractivity contribution in [1.82, 2.24) is 25.9 Å². The third-order valence-corrected chi connectivity index (χ3v) is 4.57. The molecule has 32 heavy (non-hydrogen) atoms. The molecule has 0 bridgehead atoms. The van der Waals surface area contributed by atoms with E-state index in [0.29, 0.717) is 5.69 Å². The Balaban J connectivity index is 3.06. The number of carboxylic acid groups (broad SMARTS) is 1. The second-order valence-electron chi connectivity index (χ2n) is 7.77. The Hall–Kier alpha value is -3.48. The normalized spacial score (nSPS) is 14.7. The SMILES string of the molecule is CC(N)C(=O)NC(CCC(N)=O)C(=O)NC(Cc1cnc[nH]1)C(=O)NC(C(=O)O)C(C)C. The number of hydrogen-bond acceptors (Lipinski definition) is 7. The van der Waals surface area contributed by atoms with Gasteiger partial charge in [-0.2, -0.15) is 0 Å². The lowest BCUT2D eigenvalue weighted by Crippen LogP contribution is -2.58. The fourth-order valence-corrected chi connectivity index (χ4v) is 2.72. The monoisotopic (exact) mass is 453 g/mol. The molecule has 1 aromatic rings. The number of nitrogens with zero attached hydrogens (tertiary/aromatic N) is 1. The van der Waals surface area contributed by atoms with Crippen LogP contribution in [0.4, 0.5) is 0 Å². The minimum absolute atomic E-state index is 0.0220. The van der Waals surface area contributed by atoms with Crippen LogP contribution in [0.15, 0.2) is 12.5 Å². The van der Waals surface area contributed by atoms with E-state index in [1.54, 1.807) is 13.8 Å². The first kappa shape index (κ1) is 26.6. The predicted molar refractivity (Wildman–Crippen MR) is 113 cm³/mol. The summed E-state index contributed by atoms with van der Waals surface area (Å²) in [5, 5.41) is 16.7. The first-order chi connectivity index (χ1) is 14.9. The molecule has 0 radical (unpaired) electrons. The van der Waals surface area contributed by atoms with Crippen LogP contribution in [0, 0.1) is 5.92 Å². The second kappa shape index (κ2) is 12.4. The van der Waals surface area contributed by atoms with Crippen LogP contribution in [0.25, 0.3) is 0 Å². The molecule has 1 rings (SSSR count). The Kier molecular flexibility index (Phi) is 10.3. The quantitative estimate of drug-likeness (QED) is 0.172. The van der Waals surface area contributed by atoms with Gasteiger partial charge < -0.3 is 37.5 Å². The highest BCUT2D eigenvalue weighted by Gasteiger charge is 2.31. The third kappa shape index (κ3) is 8.71. The fourth-order valence-electron chi connectivity index (χ4n) is 2.72. The van der Waals surface area contributed by atoms with Gasteiger partial charge in [-0.3, -0.25) is 19.2 Å². The Morgan fingerprint density at radius 1 is 1.03 bits per heavy atom. The lowest BCUT2D eigenvalue weighted by Gasteiger charge is -2.25. The highest BCUT2D eigenvalue weighted by Crippen LogP contribution is 2.06. The number of carbonyl (C=O) groups is 5. The number of aromatic nitrogens is 2. The van der Waals surface area contributed by atoms with Crippen LogP contribution in [0.3, 0.4) is 0 Å². The van der Waals surface area contributed by atoms with E-state index in [0.717, 1.165) is 0 Å². The molecule has 4 unspecified atom stereocenters. The molecule has 0 spiro atoms. The Bertz CT molecular complexity index is 809. The number of primary amides is 1. The van der Waals surface area contributed by atoms with Crippen molar-refractivity contribution in [3.8, 4) is 0 Å². The number of carbonyl (C=O) groups excluding carboxylic acids is 4. The summed E-state index contributed by atoms with van der Waals surface area (Å²) in [5.74, 6) is -4.42. The molecule has 1 heterocycles. The summed E-state index contributed by atoms with van der Waals surface area (Å²) >= 11 is 0. The van der Waals surface area contributed by atoms with Gasteiger partial charge in [-0.15, -0.1) is 0 Å². The van der Waals surface area contributed by atoms with E-state index in [1.807, 2.05) is 0 Å². The van der Waals surface area contributed by atoms with Gasteiger partial charge in [0.2, 0.25) is 23.6 Å². The molecule has 4 atom stereocenters. The zero-order chi connectivity index (χ0) is 24.4. The Morgan fingerprint density at radius 2 is 1.62 bits per heavy atom. The number of rotatable bonds is 13. The molecule has 0 saturated carbocycles. The molecule has 13 nitrogen and oxygen atoms in total. The molecule has 0 aromatic carbocycles. The van der Waals surface area contributed by atoms with E-state index in [1.165, 1.54) is 19.4 Å². The average Bonchev–Trinajstić information content (AvgIpc) is 3.20. The zero-order valence-electron chi connectivity index (χ0n) is 18.3. The minimum atomic E-state index is -1.22.